The van der Waals surface area contributed by atoms with Crippen LogP contribution in [0.15, 0.2) is 30.6 Å². The zero-order valence-electron chi connectivity index (χ0n) is 10.5. The van der Waals surface area contributed by atoms with Crippen LogP contribution in [-0.2, 0) is 7.05 Å². The summed E-state index contributed by atoms with van der Waals surface area (Å²) in [5.74, 6) is 0.991. The van der Waals surface area contributed by atoms with Crippen molar-refractivity contribution >= 4 is 0 Å². The highest BCUT2D eigenvalue weighted by Gasteiger charge is 2.18. The van der Waals surface area contributed by atoms with Crippen molar-refractivity contribution in [2.45, 2.75) is 19.9 Å². The smallest absolute Gasteiger partial charge is 0.131 e. The van der Waals surface area contributed by atoms with E-state index in [0.29, 0.717) is 0 Å². The molecule has 0 aliphatic rings. The van der Waals surface area contributed by atoms with Crippen LogP contribution in [0.1, 0.15) is 30.2 Å². The Morgan fingerprint density at radius 1 is 1.41 bits per heavy atom. The molecule has 2 heterocycles. The Hall–Kier alpha value is -1.68. The third-order valence-electron chi connectivity index (χ3n) is 2.73. The van der Waals surface area contributed by atoms with Crippen LogP contribution >= 0.6 is 0 Å². The van der Waals surface area contributed by atoms with Crippen molar-refractivity contribution in [3.8, 4) is 0 Å². The van der Waals surface area contributed by atoms with Crippen molar-refractivity contribution in [3.05, 3.63) is 47.8 Å². The number of aryl methyl sites for hydroxylation is 2. The van der Waals surface area contributed by atoms with Crippen molar-refractivity contribution in [1.82, 2.24) is 19.9 Å². The minimum absolute atomic E-state index is 0.0555. The van der Waals surface area contributed by atoms with Crippen molar-refractivity contribution in [2.24, 2.45) is 7.05 Å². The zero-order valence-corrected chi connectivity index (χ0v) is 10.5. The van der Waals surface area contributed by atoms with E-state index in [4.69, 9.17) is 0 Å². The molecular formula is C13H18N4. The molecule has 0 spiro atoms. The van der Waals surface area contributed by atoms with Gasteiger partial charge < -0.3 is 9.88 Å². The van der Waals surface area contributed by atoms with Crippen molar-refractivity contribution in [1.29, 1.82) is 0 Å². The van der Waals surface area contributed by atoms with Gasteiger partial charge in [0.15, 0.2) is 0 Å². The van der Waals surface area contributed by atoms with Crippen LogP contribution in [0.2, 0.25) is 0 Å². The first-order valence-corrected chi connectivity index (χ1v) is 5.86. The molecule has 0 saturated heterocycles. The summed E-state index contributed by atoms with van der Waals surface area (Å²) in [5.41, 5.74) is 2.04. The van der Waals surface area contributed by atoms with Crippen LogP contribution in [0.25, 0.3) is 0 Å². The van der Waals surface area contributed by atoms with E-state index in [1.54, 1.807) is 0 Å². The molecule has 90 valence electrons. The molecule has 0 aliphatic carbocycles. The SMILES string of the molecule is CCNC(c1cccc(C)n1)c1nccn1C. The number of rotatable bonds is 4. The summed E-state index contributed by atoms with van der Waals surface area (Å²) in [5, 5.41) is 3.42. The van der Waals surface area contributed by atoms with Crippen molar-refractivity contribution in [2.75, 3.05) is 6.54 Å². The molecular weight excluding hydrogens is 212 g/mol. The van der Waals surface area contributed by atoms with Gasteiger partial charge in [-0.15, -0.1) is 0 Å². The number of hydrogen-bond acceptors (Lipinski definition) is 3. The van der Waals surface area contributed by atoms with E-state index in [1.165, 1.54) is 0 Å². The fourth-order valence-electron chi connectivity index (χ4n) is 1.91. The van der Waals surface area contributed by atoms with E-state index < -0.39 is 0 Å². The van der Waals surface area contributed by atoms with E-state index in [0.717, 1.165) is 23.8 Å². The van der Waals surface area contributed by atoms with Crippen LogP contribution in [-0.4, -0.2) is 21.1 Å². The van der Waals surface area contributed by atoms with Gasteiger partial charge >= 0.3 is 0 Å². The number of nitrogens with zero attached hydrogens (tertiary/aromatic N) is 3. The van der Waals surface area contributed by atoms with Gasteiger partial charge in [-0.3, -0.25) is 4.98 Å². The second-order valence-corrected chi connectivity index (χ2v) is 4.09. The first-order valence-electron chi connectivity index (χ1n) is 5.86. The lowest BCUT2D eigenvalue weighted by Gasteiger charge is -2.17. The number of aromatic nitrogens is 3. The number of nitrogens with one attached hydrogen (secondary N) is 1. The fraction of sp³-hybridized carbons (Fsp3) is 0.385. The maximum atomic E-state index is 4.57. The normalized spacial score (nSPS) is 12.6. The summed E-state index contributed by atoms with van der Waals surface area (Å²) >= 11 is 0. The molecule has 4 nitrogen and oxygen atoms in total. The highest BCUT2D eigenvalue weighted by atomic mass is 15.1. The molecule has 2 rings (SSSR count). The summed E-state index contributed by atoms with van der Waals surface area (Å²) in [7, 11) is 2.00. The average molecular weight is 230 g/mol. The van der Waals surface area contributed by atoms with E-state index in [2.05, 4.69) is 22.2 Å². The lowest BCUT2D eigenvalue weighted by atomic mass is 10.1. The summed E-state index contributed by atoms with van der Waals surface area (Å²) < 4.78 is 2.03. The molecule has 0 aromatic carbocycles. The third kappa shape index (κ3) is 2.53. The molecule has 0 fully saturated rings. The van der Waals surface area contributed by atoms with E-state index >= 15 is 0 Å². The van der Waals surface area contributed by atoms with Crippen LogP contribution in [0.4, 0.5) is 0 Å². The molecule has 0 saturated carbocycles. The minimum Gasteiger partial charge on any atom is -0.336 e. The predicted octanol–water partition coefficient (Wildman–Crippen LogP) is 1.82. The minimum atomic E-state index is 0.0555. The largest absolute Gasteiger partial charge is 0.336 e. The van der Waals surface area contributed by atoms with Gasteiger partial charge in [0.25, 0.3) is 0 Å². The van der Waals surface area contributed by atoms with Crippen LogP contribution in [0.5, 0.6) is 0 Å². The van der Waals surface area contributed by atoms with Gasteiger partial charge in [0.2, 0.25) is 0 Å². The molecule has 17 heavy (non-hydrogen) atoms. The quantitative estimate of drug-likeness (QED) is 0.871. The average Bonchev–Trinajstić information content (AvgIpc) is 2.72. The Morgan fingerprint density at radius 3 is 2.82 bits per heavy atom. The Kier molecular flexibility index (Phi) is 3.54. The van der Waals surface area contributed by atoms with E-state index in [-0.39, 0.29) is 6.04 Å². The van der Waals surface area contributed by atoms with Gasteiger partial charge in [-0.05, 0) is 25.6 Å². The molecule has 0 aliphatic heterocycles. The van der Waals surface area contributed by atoms with Crippen LogP contribution in [0, 0.1) is 6.92 Å². The Balaban J connectivity index is 2.39. The molecule has 1 unspecified atom stereocenters. The molecule has 0 bridgehead atoms. The summed E-state index contributed by atoms with van der Waals surface area (Å²) in [4.78, 5) is 8.97. The van der Waals surface area contributed by atoms with Gasteiger partial charge in [-0.1, -0.05) is 13.0 Å². The molecule has 4 heteroatoms. The first-order chi connectivity index (χ1) is 8.22. The number of pyridine rings is 1. The second-order valence-electron chi connectivity index (χ2n) is 4.09. The van der Waals surface area contributed by atoms with E-state index in [1.807, 2.05) is 49.1 Å². The maximum absolute atomic E-state index is 4.57. The number of imidazole rings is 1. The predicted molar refractivity (Wildman–Crippen MR) is 67.7 cm³/mol. The van der Waals surface area contributed by atoms with Gasteiger partial charge in [0.05, 0.1) is 5.69 Å². The van der Waals surface area contributed by atoms with E-state index in [9.17, 15) is 0 Å². The standard InChI is InChI=1S/C13H18N4/c1-4-14-12(13-15-8-9-17(13)3)11-7-5-6-10(2)16-11/h5-9,12,14H,4H2,1-3H3. The lowest BCUT2D eigenvalue weighted by molar-refractivity contribution is 0.564. The van der Waals surface area contributed by atoms with Gasteiger partial charge in [-0.2, -0.15) is 0 Å². The lowest BCUT2D eigenvalue weighted by Crippen LogP contribution is -2.25. The summed E-state index contributed by atoms with van der Waals surface area (Å²) in [6.07, 6.45) is 3.77. The molecule has 2 aromatic rings. The molecule has 1 atom stereocenters. The fourth-order valence-corrected chi connectivity index (χ4v) is 1.91. The number of hydrogen-bond donors (Lipinski definition) is 1. The highest BCUT2D eigenvalue weighted by molar-refractivity contribution is 5.20. The van der Waals surface area contributed by atoms with Crippen LogP contribution < -0.4 is 5.32 Å². The van der Waals surface area contributed by atoms with Gasteiger partial charge in [-0.25, -0.2) is 4.98 Å². The molecule has 0 amide bonds. The van der Waals surface area contributed by atoms with Crippen molar-refractivity contribution in [3.63, 3.8) is 0 Å². The maximum Gasteiger partial charge on any atom is 0.131 e. The summed E-state index contributed by atoms with van der Waals surface area (Å²) in [6.45, 7) is 4.98. The van der Waals surface area contributed by atoms with Crippen LogP contribution in [0.3, 0.4) is 0 Å². The molecule has 0 radical (unpaired) electrons. The Labute approximate surface area is 102 Å². The Morgan fingerprint density at radius 2 is 2.24 bits per heavy atom. The molecule has 1 N–H and O–H groups in total. The highest BCUT2D eigenvalue weighted by Crippen LogP contribution is 2.18. The van der Waals surface area contributed by atoms with Gasteiger partial charge in [0, 0.05) is 25.1 Å². The first kappa shape index (κ1) is 11.8. The molecule has 2 aromatic heterocycles. The monoisotopic (exact) mass is 230 g/mol. The second kappa shape index (κ2) is 5.10. The topological polar surface area (TPSA) is 42.7 Å². The van der Waals surface area contributed by atoms with Gasteiger partial charge in [0.1, 0.15) is 11.9 Å². The Bertz CT molecular complexity index is 490. The third-order valence-corrected chi connectivity index (χ3v) is 2.73. The zero-order chi connectivity index (χ0) is 12.3. The van der Waals surface area contributed by atoms with Crippen molar-refractivity contribution < 1.29 is 0 Å². The summed E-state index contributed by atoms with van der Waals surface area (Å²) in [6, 6.07) is 6.13.